The molecule has 86 valence electrons. The molecule has 3 N–H and O–H groups in total. The molecule has 0 aliphatic heterocycles. The molecule has 3 aromatic rings. The number of fused-ring (bicyclic) bond motifs is 1. The molecule has 2 heterocycles. The maximum Gasteiger partial charge on any atom is 0.123 e. The lowest BCUT2D eigenvalue weighted by atomic mass is 10.1. The van der Waals surface area contributed by atoms with Crippen LogP contribution < -0.4 is 5.73 Å². The molecule has 0 saturated carbocycles. The standard InChI is InChI=1S/C13H11FN2S/c14-8-3-4-11-9(6-8)10(7-15)13(16-11)12-2-1-5-17-12/h1-6,16H,7,15H2. The van der Waals surface area contributed by atoms with Crippen molar-refractivity contribution in [2.75, 3.05) is 0 Å². The highest BCUT2D eigenvalue weighted by Gasteiger charge is 2.12. The first-order valence-corrected chi connectivity index (χ1v) is 6.21. The highest BCUT2D eigenvalue weighted by atomic mass is 32.1. The van der Waals surface area contributed by atoms with Gasteiger partial charge in [0.1, 0.15) is 5.82 Å². The number of benzene rings is 1. The summed E-state index contributed by atoms with van der Waals surface area (Å²) in [6.07, 6.45) is 0. The number of hydrogen-bond donors (Lipinski definition) is 2. The number of rotatable bonds is 2. The van der Waals surface area contributed by atoms with Gasteiger partial charge in [-0.2, -0.15) is 0 Å². The molecule has 0 atom stereocenters. The Morgan fingerprint density at radius 2 is 2.18 bits per heavy atom. The first kappa shape index (κ1) is 10.5. The maximum absolute atomic E-state index is 13.3. The van der Waals surface area contributed by atoms with E-state index < -0.39 is 0 Å². The largest absolute Gasteiger partial charge is 0.354 e. The van der Waals surface area contributed by atoms with Gasteiger partial charge in [-0.15, -0.1) is 11.3 Å². The summed E-state index contributed by atoms with van der Waals surface area (Å²) < 4.78 is 13.3. The SMILES string of the molecule is NCc1c(-c2cccs2)[nH]c2ccc(F)cc12. The molecular weight excluding hydrogens is 235 g/mol. The maximum atomic E-state index is 13.3. The lowest BCUT2D eigenvalue weighted by Gasteiger charge is -1.98. The van der Waals surface area contributed by atoms with Crippen LogP contribution in [0.2, 0.25) is 0 Å². The molecule has 0 amide bonds. The van der Waals surface area contributed by atoms with E-state index in [9.17, 15) is 4.39 Å². The number of aromatic amines is 1. The van der Waals surface area contributed by atoms with Gasteiger partial charge in [0.25, 0.3) is 0 Å². The van der Waals surface area contributed by atoms with Gasteiger partial charge in [-0.3, -0.25) is 0 Å². The van der Waals surface area contributed by atoms with Gasteiger partial charge in [0.15, 0.2) is 0 Å². The van der Waals surface area contributed by atoms with Gasteiger partial charge in [-0.1, -0.05) is 6.07 Å². The van der Waals surface area contributed by atoms with Crippen LogP contribution in [-0.2, 0) is 6.54 Å². The van der Waals surface area contributed by atoms with E-state index in [4.69, 9.17) is 5.73 Å². The van der Waals surface area contributed by atoms with Crippen LogP contribution in [0.3, 0.4) is 0 Å². The molecule has 1 aromatic carbocycles. The van der Waals surface area contributed by atoms with Crippen LogP contribution in [0.25, 0.3) is 21.5 Å². The van der Waals surface area contributed by atoms with E-state index in [1.165, 1.54) is 12.1 Å². The second-order valence-electron chi connectivity index (χ2n) is 3.85. The zero-order valence-electron chi connectivity index (χ0n) is 9.03. The number of aromatic nitrogens is 1. The van der Waals surface area contributed by atoms with Crippen molar-refractivity contribution in [1.82, 2.24) is 4.98 Å². The molecule has 0 aliphatic carbocycles. The topological polar surface area (TPSA) is 41.8 Å². The van der Waals surface area contributed by atoms with Crippen LogP contribution in [0.5, 0.6) is 0 Å². The monoisotopic (exact) mass is 246 g/mol. The number of nitrogens with two attached hydrogens (primary N) is 1. The molecule has 0 spiro atoms. The third kappa shape index (κ3) is 1.66. The summed E-state index contributed by atoms with van der Waals surface area (Å²) in [6, 6.07) is 8.76. The molecule has 0 aliphatic rings. The summed E-state index contributed by atoms with van der Waals surface area (Å²) in [7, 11) is 0. The highest BCUT2D eigenvalue weighted by Crippen LogP contribution is 2.32. The summed E-state index contributed by atoms with van der Waals surface area (Å²) in [5.41, 5.74) is 8.68. The van der Waals surface area contributed by atoms with E-state index in [1.54, 1.807) is 17.4 Å². The van der Waals surface area contributed by atoms with E-state index in [-0.39, 0.29) is 5.82 Å². The average Bonchev–Trinajstić information content (AvgIpc) is 2.94. The number of H-pyrrole nitrogens is 1. The van der Waals surface area contributed by atoms with Gasteiger partial charge in [0.2, 0.25) is 0 Å². The predicted octanol–water partition coefficient (Wildman–Crippen LogP) is 3.49. The smallest absolute Gasteiger partial charge is 0.123 e. The van der Waals surface area contributed by atoms with Crippen molar-refractivity contribution in [3.63, 3.8) is 0 Å². The molecule has 0 bridgehead atoms. The van der Waals surface area contributed by atoms with Crippen molar-refractivity contribution in [3.8, 4) is 10.6 Å². The Balaban J connectivity index is 2.32. The number of thiophene rings is 1. The third-order valence-corrected chi connectivity index (χ3v) is 3.73. The predicted molar refractivity (Wildman–Crippen MR) is 69.5 cm³/mol. The van der Waals surface area contributed by atoms with E-state index in [1.807, 2.05) is 17.5 Å². The molecule has 2 nitrogen and oxygen atoms in total. The van der Waals surface area contributed by atoms with Crippen molar-refractivity contribution < 1.29 is 4.39 Å². The lowest BCUT2D eigenvalue weighted by molar-refractivity contribution is 0.629. The van der Waals surface area contributed by atoms with Gasteiger partial charge in [0, 0.05) is 23.0 Å². The third-order valence-electron chi connectivity index (χ3n) is 2.84. The van der Waals surface area contributed by atoms with Gasteiger partial charge in [0.05, 0.1) is 10.6 Å². The molecular formula is C13H11FN2S. The van der Waals surface area contributed by atoms with E-state index in [2.05, 4.69) is 4.98 Å². The Bertz CT molecular complexity index is 655. The minimum atomic E-state index is -0.232. The molecule has 17 heavy (non-hydrogen) atoms. The van der Waals surface area contributed by atoms with E-state index in [0.717, 1.165) is 27.0 Å². The molecule has 0 saturated heterocycles. The Morgan fingerprint density at radius 3 is 2.88 bits per heavy atom. The second kappa shape index (κ2) is 3.98. The average molecular weight is 246 g/mol. The molecule has 0 fully saturated rings. The molecule has 4 heteroatoms. The van der Waals surface area contributed by atoms with Crippen molar-refractivity contribution in [1.29, 1.82) is 0 Å². The lowest BCUT2D eigenvalue weighted by Crippen LogP contribution is -1.96. The second-order valence-corrected chi connectivity index (χ2v) is 4.80. The van der Waals surface area contributed by atoms with Crippen LogP contribution >= 0.6 is 11.3 Å². The fraction of sp³-hybridized carbons (Fsp3) is 0.0769. The van der Waals surface area contributed by atoms with Crippen LogP contribution in [0.4, 0.5) is 4.39 Å². The first-order valence-electron chi connectivity index (χ1n) is 5.33. The highest BCUT2D eigenvalue weighted by molar-refractivity contribution is 7.13. The van der Waals surface area contributed by atoms with Crippen LogP contribution in [0.1, 0.15) is 5.56 Å². The Morgan fingerprint density at radius 1 is 1.29 bits per heavy atom. The first-order chi connectivity index (χ1) is 8.29. The molecule has 0 unspecified atom stereocenters. The van der Waals surface area contributed by atoms with Crippen LogP contribution in [0.15, 0.2) is 35.7 Å². The zero-order valence-corrected chi connectivity index (χ0v) is 9.85. The Kier molecular flexibility index (Phi) is 2.46. The summed E-state index contributed by atoms with van der Waals surface area (Å²) in [4.78, 5) is 4.44. The van der Waals surface area contributed by atoms with Gasteiger partial charge < -0.3 is 10.7 Å². The van der Waals surface area contributed by atoms with Crippen LogP contribution in [-0.4, -0.2) is 4.98 Å². The normalized spacial score (nSPS) is 11.2. The summed E-state index contributed by atoms with van der Waals surface area (Å²) in [5, 5.41) is 2.89. The van der Waals surface area contributed by atoms with E-state index in [0.29, 0.717) is 6.54 Å². The quantitative estimate of drug-likeness (QED) is 0.714. The minimum absolute atomic E-state index is 0.232. The summed E-state index contributed by atoms with van der Waals surface area (Å²) in [6.45, 7) is 0.399. The van der Waals surface area contributed by atoms with E-state index >= 15 is 0 Å². The minimum Gasteiger partial charge on any atom is -0.354 e. The zero-order chi connectivity index (χ0) is 11.8. The fourth-order valence-corrected chi connectivity index (χ4v) is 2.82. The van der Waals surface area contributed by atoms with Crippen molar-refractivity contribution >= 4 is 22.2 Å². The van der Waals surface area contributed by atoms with Crippen molar-refractivity contribution in [3.05, 3.63) is 47.1 Å². The van der Waals surface area contributed by atoms with Crippen LogP contribution in [0, 0.1) is 5.82 Å². The number of nitrogens with one attached hydrogen (secondary N) is 1. The Labute approximate surface area is 102 Å². The summed E-state index contributed by atoms with van der Waals surface area (Å²) in [5.74, 6) is -0.232. The fourth-order valence-electron chi connectivity index (χ4n) is 2.06. The summed E-state index contributed by atoms with van der Waals surface area (Å²) >= 11 is 1.64. The van der Waals surface area contributed by atoms with Gasteiger partial charge in [-0.05, 0) is 29.6 Å². The van der Waals surface area contributed by atoms with Gasteiger partial charge in [-0.25, -0.2) is 4.39 Å². The number of halogens is 1. The van der Waals surface area contributed by atoms with Crippen molar-refractivity contribution in [2.45, 2.75) is 6.54 Å². The number of hydrogen-bond acceptors (Lipinski definition) is 2. The van der Waals surface area contributed by atoms with Gasteiger partial charge >= 0.3 is 0 Å². The Hall–Kier alpha value is -1.65. The molecule has 2 aromatic heterocycles. The van der Waals surface area contributed by atoms with Crippen molar-refractivity contribution in [2.24, 2.45) is 5.73 Å². The molecule has 3 rings (SSSR count). The molecule has 0 radical (unpaired) electrons.